The van der Waals surface area contributed by atoms with Gasteiger partial charge in [-0.2, -0.15) is 0 Å². The zero-order valence-corrected chi connectivity index (χ0v) is 14.9. The lowest BCUT2D eigenvalue weighted by molar-refractivity contribution is 0.508. The van der Waals surface area contributed by atoms with Crippen LogP contribution in [-0.2, 0) is 6.42 Å². The number of halogens is 2. The first-order chi connectivity index (χ1) is 12.5. The first kappa shape index (κ1) is 18.2. The minimum Gasteiger partial charge on any atom is -0.371 e. The molecule has 1 saturated heterocycles. The maximum Gasteiger partial charge on any atom is 0.193 e. The Kier molecular flexibility index (Phi) is 5.71. The molecule has 0 bridgehead atoms. The average molecular weight is 358 g/mol. The van der Waals surface area contributed by atoms with Crippen LogP contribution in [0.15, 0.2) is 47.5 Å². The molecule has 1 unspecified atom stereocenters. The van der Waals surface area contributed by atoms with E-state index < -0.39 is 11.6 Å². The normalized spacial score (nSPS) is 17.6. The predicted octanol–water partition coefficient (Wildman–Crippen LogP) is 3.78. The molecular weight excluding hydrogens is 334 g/mol. The van der Waals surface area contributed by atoms with Gasteiger partial charge in [-0.3, -0.25) is 4.99 Å². The number of nitrogens with one attached hydrogen (secondary N) is 1. The van der Waals surface area contributed by atoms with Gasteiger partial charge in [0.05, 0.1) is 0 Å². The van der Waals surface area contributed by atoms with E-state index in [4.69, 9.17) is 5.73 Å². The van der Waals surface area contributed by atoms with Crippen molar-refractivity contribution in [1.29, 1.82) is 0 Å². The van der Waals surface area contributed by atoms with Gasteiger partial charge in [0.25, 0.3) is 0 Å². The Balaban J connectivity index is 1.54. The highest BCUT2D eigenvalue weighted by atomic mass is 19.2. The molecule has 3 rings (SSSR count). The summed E-state index contributed by atoms with van der Waals surface area (Å²) in [5.41, 5.74) is 8.87. The lowest BCUT2D eigenvalue weighted by Gasteiger charge is -2.18. The van der Waals surface area contributed by atoms with E-state index in [0.717, 1.165) is 31.6 Å². The van der Waals surface area contributed by atoms with Crippen LogP contribution in [0.3, 0.4) is 0 Å². The van der Waals surface area contributed by atoms with Gasteiger partial charge in [-0.1, -0.05) is 19.1 Å². The Hall–Kier alpha value is -2.63. The maximum absolute atomic E-state index is 13.4. The van der Waals surface area contributed by atoms with Crippen LogP contribution in [0.2, 0.25) is 0 Å². The highest BCUT2D eigenvalue weighted by Gasteiger charge is 2.23. The molecular formula is C20H24F2N4. The van der Waals surface area contributed by atoms with Crippen LogP contribution in [0.25, 0.3) is 0 Å². The molecule has 1 aliphatic rings. The molecule has 0 amide bonds. The fourth-order valence-corrected chi connectivity index (χ4v) is 3.18. The maximum atomic E-state index is 13.4. The van der Waals surface area contributed by atoms with Crippen molar-refractivity contribution in [2.75, 3.05) is 29.9 Å². The van der Waals surface area contributed by atoms with E-state index in [0.29, 0.717) is 24.1 Å². The van der Waals surface area contributed by atoms with Crippen molar-refractivity contribution in [3.63, 3.8) is 0 Å². The van der Waals surface area contributed by atoms with E-state index in [1.54, 1.807) is 6.07 Å². The number of rotatable bonds is 5. The molecule has 1 heterocycles. The molecule has 0 aromatic heterocycles. The Morgan fingerprint density at radius 1 is 1.23 bits per heavy atom. The van der Waals surface area contributed by atoms with Crippen LogP contribution < -0.4 is 16.0 Å². The van der Waals surface area contributed by atoms with Crippen molar-refractivity contribution in [3.8, 4) is 0 Å². The Bertz CT molecular complexity index is 791. The first-order valence-electron chi connectivity index (χ1n) is 8.91. The molecule has 0 saturated carbocycles. The number of nitrogens with two attached hydrogens (primary N) is 1. The number of nitrogens with zero attached hydrogens (tertiary/aromatic N) is 2. The van der Waals surface area contributed by atoms with Crippen LogP contribution in [0.4, 0.5) is 20.2 Å². The molecule has 138 valence electrons. The fraction of sp³-hybridized carbons (Fsp3) is 0.350. The van der Waals surface area contributed by atoms with Gasteiger partial charge in [-0.05, 0) is 48.6 Å². The van der Waals surface area contributed by atoms with E-state index in [2.05, 4.69) is 34.3 Å². The molecule has 1 atom stereocenters. The van der Waals surface area contributed by atoms with Crippen molar-refractivity contribution in [3.05, 3.63) is 59.7 Å². The van der Waals surface area contributed by atoms with Crippen LogP contribution in [0.1, 0.15) is 18.9 Å². The third-order valence-electron chi connectivity index (χ3n) is 4.68. The molecule has 4 nitrogen and oxygen atoms in total. The van der Waals surface area contributed by atoms with Gasteiger partial charge in [0, 0.05) is 37.1 Å². The highest BCUT2D eigenvalue weighted by Crippen LogP contribution is 2.25. The second-order valence-corrected chi connectivity index (χ2v) is 6.60. The summed E-state index contributed by atoms with van der Waals surface area (Å²) in [4.78, 5) is 6.49. The van der Waals surface area contributed by atoms with Crippen molar-refractivity contribution in [2.45, 2.75) is 19.8 Å². The van der Waals surface area contributed by atoms with Crippen LogP contribution in [0.5, 0.6) is 0 Å². The second-order valence-electron chi connectivity index (χ2n) is 6.60. The number of aryl methyl sites for hydroxylation is 1. The third kappa shape index (κ3) is 4.50. The Morgan fingerprint density at radius 2 is 2.08 bits per heavy atom. The smallest absolute Gasteiger partial charge is 0.193 e. The fourth-order valence-electron chi connectivity index (χ4n) is 3.18. The summed E-state index contributed by atoms with van der Waals surface area (Å²) in [7, 11) is 0. The number of hydrogen-bond donors (Lipinski definition) is 2. The highest BCUT2D eigenvalue weighted by molar-refractivity contribution is 5.92. The van der Waals surface area contributed by atoms with E-state index in [1.165, 1.54) is 17.7 Å². The molecule has 0 radical (unpaired) electrons. The zero-order chi connectivity index (χ0) is 18.5. The SMILES string of the molecule is CCc1cccc(NC(N)=NCC2CCN(c3ccc(F)c(F)c3)C2)c1. The summed E-state index contributed by atoms with van der Waals surface area (Å²) in [6, 6.07) is 12.1. The summed E-state index contributed by atoms with van der Waals surface area (Å²) in [6.45, 7) is 4.27. The monoisotopic (exact) mass is 358 g/mol. The minimum atomic E-state index is -0.819. The molecule has 3 N–H and O–H groups in total. The summed E-state index contributed by atoms with van der Waals surface area (Å²) in [5, 5.41) is 3.12. The summed E-state index contributed by atoms with van der Waals surface area (Å²) in [5.74, 6) is -0.901. The molecule has 1 fully saturated rings. The second kappa shape index (κ2) is 8.17. The van der Waals surface area contributed by atoms with Crippen molar-refractivity contribution in [2.24, 2.45) is 16.6 Å². The number of benzene rings is 2. The van der Waals surface area contributed by atoms with E-state index in [9.17, 15) is 8.78 Å². The summed E-state index contributed by atoms with van der Waals surface area (Å²) < 4.78 is 26.5. The van der Waals surface area contributed by atoms with Gasteiger partial charge in [0.2, 0.25) is 0 Å². The van der Waals surface area contributed by atoms with Gasteiger partial charge in [-0.25, -0.2) is 8.78 Å². The zero-order valence-electron chi connectivity index (χ0n) is 14.9. The van der Waals surface area contributed by atoms with Crippen molar-refractivity contribution < 1.29 is 8.78 Å². The first-order valence-corrected chi connectivity index (χ1v) is 8.91. The molecule has 0 aliphatic carbocycles. The lowest BCUT2D eigenvalue weighted by atomic mass is 10.1. The molecule has 26 heavy (non-hydrogen) atoms. The summed E-state index contributed by atoms with van der Waals surface area (Å²) >= 11 is 0. The lowest BCUT2D eigenvalue weighted by Crippen LogP contribution is -2.25. The van der Waals surface area contributed by atoms with Gasteiger partial charge in [-0.15, -0.1) is 0 Å². The molecule has 2 aromatic rings. The summed E-state index contributed by atoms with van der Waals surface area (Å²) in [6.07, 6.45) is 1.91. The predicted molar refractivity (Wildman–Crippen MR) is 103 cm³/mol. The quantitative estimate of drug-likeness (QED) is 0.632. The molecule has 0 spiro atoms. The standard InChI is InChI=1S/C20H24F2N4/c1-2-14-4-3-5-16(10-14)25-20(23)24-12-15-8-9-26(13-15)17-6-7-18(21)19(22)11-17/h3-7,10-11,15H,2,8-9,12-13H2,1H3,(H3,23,24,25). The largest absolute Gasteiger partial charge is 0.371 e. The Labute approximate surface area is 152 Å². The Morgan fingerprint density at radius 3 is 2.85 bits per heavy atom. The average Bonchev–Trinajstić information content (AvgIpc) is 3.11. The minimum absolute atomic E-state index is 0.338. The van der Waals surface area contributed by atoms with Crippen LogP contribution in [-0.4, -0.2) is 25.6 Å². The van der Waals surface area contributed by atoms with Crippen LogP contribution in [0, 0.1) is 17.6 Å². The topological polar surface area (TPSA) is 53.6 Å². The number of guanidine groups is 1. The number of anilines is 2. The van der Waals surface area contributed by atoms with E-state index in [1.807, 2.05) is 12.1 Å². The van der Waals surface area contributed by atoms with Crippen molar-refractivity contribution in [1.82, 2.24) is 0 Å². The number of aliphatic imine (C=N–C) groups is 1. The third-order valence-corrected chi connectivity index (χ3v) is 4.68. The molecule has 6 heteroatoms. The van der Waals surface area contributed by atoms with E-state index >= 15 is 0 Å². The molecule has 1 aliphatic heterocycles. The van der Waals surface area contributed by atoms with Gasteiger partial charge in [0.15, 0.2) is 17.6 Å². The van der Waals surface area contributed by atoms with Crippen molar-refractivity contribution >= 4 is 17.3 Å². The van der Waals surface area contributed by atoms with Crippen LogP contribution >= 0.6 is 0 Å². The van der Waals surface area contributed by atoms with Gasteiger partial charge in [0.1, 0.15) is 0 Å². The van der Waals surface area contributed by atoms with E-state index in [-0.39, 0.29) is 0 Å². The number of hydrogen-bond acceptors (Lipinski definition) is 2. The van der Waals surface area contributed by atoms with Gasteiger partial charge < -0.3 is 16.0 Å². The molecule has 2 aromatic carbocycles. The van der Waals surface area contributed by atoms with Gasteiger partial charge >= 0.3 is 0 Å².